The maximum atomic E-state index is 12.6. The van der Waals surface area contributed by atoms with Crippen molar-refractivity contribution in [3.05, 3.63) is 58.7 Å². The zero-order chi connectivity index (χ0) is 20.2. The molecule has 1 aromatic carbocycles. The number of rotatable bonds is 4. The Morgan fingerprint density at radius 3 is 2.22 bits per heavy atom. The van der Waals surface area contributed by atoms with Crippen LogP contribution in [0.5, 0.6) is 0 Å². The van der Waals surface area contributed by atoms with Crippen LogP contribution in [-0.4, -0.2) is 16.9 Å². The van der Waals surface area contributed by atoms with Crippen molar-refractivity contribution >= 4 is 5.97 Å². The van der Waals surface area contributed by atoms with Crippen molar-refractivity contribution in [2.24, 2.45) is 11.7 Å². The molecule has 0 radical (unpaired) electrons. The van der Waals surface area contributed by atoms with E-state index in [1.54, 1.807) is 42.5 Å². The van der Waals surface area contributed by atoms with Crippen molar-refractivity contribution < 1.29 is 19.4 Å². The normalized spacial score (nSPS) is 17.2. The van der Waals surface area contributed by atoms with E-state index < -0.39 is 35.1 Å². The zero-order valence-electron chi connectivity index (χ0n) is 14.6. The summed E-state index contributed by atoms with van der Waals surface area (Å²) in [5.74, 6) is -5.39. The fraction of sp³-hybridized carbons (Fsp3) is 0.263. The molecular formula is C19H16N4O4. The van der Waals surface area contributed by atoms with Gasteiger partial charge in [0.1, 0.15) is 23.3 Å². The average Bonchev–Trinajstić information content (AvgIpc) is 2.61. The van der Waals surface area contributed by atoms with Gasteiger partial charge in [0.2, 0.25) is 0 Å². The molecule has 0 aromatic heterocycles. The van der Waals surface area contributed by atoms with E-state index in [9.17, 15) is 15.2 Å². The number of carbonyl (C=O) groups is 1. The maximum absolute atomic E-state index is 12.6. The second-order valence-electron chi connectivity index (χ2n) is 6.16. The molecule has 8 nitrogen and oxygen atoms in total. The molecular weight excluding hydrogens is 348 g/mol. The van der Waals surface area contributed by atoms with Crippen molar-refractivity contribution in [3.63, 3.8) is 0 Å². The van der Waals surface area contributed by atoms with Crippen LogP contribution in [0.1, 0.15) is 25.3 Å². The van der Waals surface area contributed by atoms with Gasteiger partial charge in [-0.15, -0.1) is 0 Å². The summed E-state index contributed by atoms with van der Waals surface area (Å²) in [6, 6.07) is 13.5. The summed E-state index contributed by atoms with van der Waals surface area (Å²) >= 11 is 0. The highest BCUT2D eigenvalue weighted by molar-refractivity contribution is 5.91. The number of nitrogens with two attached hydrogens (primary N) is 1. The topological polar surface area (TPSA) is 153 Å². The first-order valence-electron chi connectivity index (χ1n) is 7.85. The minimum Gasteiger partial charge on any atom is -0.480 e. The number of nitriles is 3. The molecule has 0 unspecified atom stereocenters. The lowest BCUT2D eigenvalue weighted by molar-refractivity contribution is -0.222. The third-order valence-corrected chi connectivity index (χ3v) is 3.92. The second-order valence-corrected chi connectivity index (χ2v) is 6.16. The highest BCUT2D eigenvalue weighted by Gasteiger charge is 2.44. The number of hydrogen-bond acceptors (Lipinski definition) is 8. The quantitative estimate of drug-likeness (QED) is 0.609. The first kappa shape index (κ1) is 19.4. The van der Waals surface area contributed by atoms with E-state index in [0.717, 1.165) is 0 Å². The van der Waals surface area contributed by atoms with Crippen LogP contribution >= 0.6 is 0 Å². The monoisotopic (exact) mass is 364 g/mol. The van der Waals surface area contributed by atoms with Gasteiger partial charge in [0.05, 0.1) is 17.7 Å². The molecule has 1 heterocycles. The summed E-state index contributed by atoms with van der Waals surface area (Å²) in [4.78, 5) is 12.6. The lowest BCUT2D eigenvalue weighted by Crippen LogP contribution is -2.39. The van der Waals surface area contributed by atoms with Gasteiger partial charge >= 0.3 is 5.97 Å². The number of nitrogens with zero attached hydrogens (tertiary/aromatic N) is 3. The van der Waals surface area contributed by atoms with Gasteiger partial charge < -0.3 is 20.3 Å². The predicted octanol–water partition coefficient (Wildman–Crippen LogP) is 2.25. The molecule has 3 N–H and O–H groups in total. The van der Waals surface area contributed by atoms with Crippen LogP contribution in [0.25, 0.3) is 0 Å². The van der Waals surface area contributed by atoms with Crippen molar-refractivity contribution in [3.8, 4) is 18.2 Å². The van der Waals surface area contributed by atoms with Crippen LogP contribution in [0.3, 0.4) is 0 Å². The molecule has 1 aliphatic heterocycles. The Balaban J connectivity index is 2.73. The molecule has 27 heavy (non-hydrogen) atoms. The minimum atomic E-state index is -1.39. The molecule has 0 spiro atoms. The van der Waals surface area contributed by atoms with E-state index in [-0.39, 0.29) is 11.3 Å². The Bertz CT molecular complexity index is 927. The molecule has 8 heteroatoms. The van der Waals surface area contributed by atoms with Crippen LogP contribution in [0, 0.1) is 39.9 Å². The molecule has 1 aliphatic rings. The van der Waals surface area contributed by atoms with Crippen molar-refractivity contribution in [2.75, 3.05) is 0 Å². The van der Waals surface area contributed by atoms with Gasteiger partial charge in [-0.1, -0.05) is 30.3 Å². The highest BCUT2D eigenvalue weighted by atomic mass is 16.8. The van der Waals surface area contributed by atoms with Gasteiger partial charge in [-0.2, -0.15) is 15.8 Å². The number of carbonyl (C=O) groups excluding carboxylic acids is 1. The van der Waals surface area contributed by atoms with Gasteiger partial charge in [-0.25, -0.2) is 4.79 Å². The lowest BCUT2D eigenvalue weighted by atomic mass is 9.78. The van der Waals surface area contributed by atoms with Crippen molar-refractivity contribution in [1.82, 2.24) is 0 Å². The molecule has 0 saturated heterocycles. The van der Waals surface area contributed by atoms with Crippen molar-refractivity contribution in [1.29, 1.82) is 15.8 Å². The fourth-order valence-electron chi connectivity index (χ4n) is 2.75. The van der Waals surface area contributed by atoms with Crippen LogP contribution in [0.2, 0.25) is 0 Å². The number of hydrogen-bond donors (Lipinski definition) is 2. The molecule has 0 amide bonds. The van der Waals surface area contributed by atoms with Gasteiger partial charge in [-0.3, -0.25) is 0 Å². The molecule has 0 fully saturated rings. The van der Waals surface area contributed by atoms with E-state index in [2.05, 4.69) is 0 Å². The van der Waals surface area contributed by atoms with Gasteiger partial charge in [0.15, 0.2) is 0 Å². The molecule has 136 valence electrons. The fourth-order valence-corrected chi connectivity index (χ4v) is 2.75. The Labute approximate surface area is 155 Å². The zero-order valence-corrected chi connectivity index (χ0v) is 14.6. The van der Waals surface area contributed by atoms with Crippen LogP contribution < -0.4 is 5.73 Å². The van der Waals surface area contributed by atoms with E-state index in [0.29, 0.717) is 5.56 Å². The molecule has 1 aromatic rings. The van der Waals surface area contributed by atoms with E-state index in [4.69, 9.17) is 25.7 Å². The van der Waals surface area contributed by atoms with Crippen LogP contribution in [0.4, 0.5) is 0 Å². The number of allylic oxidation sites excluding steroid dienone is 2. The second kappa shape index (κ2) is 7.51. The molecule has 0 saturated carbocycles. The molecule has 2 rings (SSSR count). The number of benzene rings is 1. The van der Waals surface area contributed by atoms with Gasteiger partial charge in [0.25, 0.3) is 11.7 Å². The molecule has 2 atom stereocenters. The summed E-state index contributed by atoms with van der Waals surface area (Å²) in [5, 5.41) is 38.2. The smallest absolute Gasteiger partial charge is 0.345 e. The van der Waals surface area contributed by atoms with Gasteiger partial charge in [0, 0.05) is 19.8 Å². The summed E-state index contributed by atoms with van der Waals surface area (Å²) in [6.07, 6.45) is 0. The Morgan fingerprint density at radius 2 is 1.74 bits per heavy atom. The SMILES string of the molecule is CC1(C)OC(=O)C([C@@H](c2ccccc2)[C@H](C#N)C(N)=C(C#N)C#N)=C(O)O1. The largest absolute Gasteiger partial charge is 0.480 e. The lowest BCUT2D eigenvalue weighted by Gasteiger charge is -2.34. The summed E-state index contributed by atoms with van der Waals surface area (Å²) in [5.41, 5.74) is 5.27. The van der Waals surface area contributed by atoms with Crippen molar-refractivity contribution in [2.45, 2.75) is 25.6 Å². The van der Waals surface area contributed by atoms with E-state index >= 15 is 0 Å². The predicted molar refractivity (Wildman–Crippen MR) is 91.6 cm³/mol. The number of aliphatic hydroxyl groups is 1. The Morgan fingerprint density at radius 1 is 1.15 bits per heavy atom. The number of esters is 1. The minimum absolute atomic E-state index is 0.311. The third-order valence-electron chi connectivity index (χ3n) is 3.92. The first-order chi connectivity index (χ1) is 12.8. The molecule has 0 bridgehead atoms. The molecule has 0 aliphatic carbocycles. The van der Waals surface area contributed by atoms with Gasteiger partial charge in [-0.05, 0) is 5.56 Å². The maximum Gasteiger partial charge on any atom is 0.345 e. The third kappa shape index (κ3) is 3.84. The number of cyclic esters (lactones) is 1. The standard InChI is InChI=1S/C19H16N4O4/c1-19(2)26-17(24)15(18(25)27-19)14(11-6-4-3-5-7-11)13(10-22)16(23)12(8-20)9-21/h3-7,13-14,24H,23H2,1-2H3/t13-,14-/m0/s1. The first-order valence-corrected chi connectivity index (χ1v) is 7.85. The summed E-state index contributed by atoms with van der Waals surface area (Å²) < 4.78 is 10.4. The number of ether oxygens (including phenoxy) is 2. The summed E-state index contributed by atoms with van der Waals surface area (Å²) in [7, 11) is 0. The average molecular weight is 364 g/mol. The van der Waals surface area contributed by atoms with Crippen LogP contribution in [0.15, 0.2) is 53.1 Å². The Hall–Kier alpha value is -3.96. The van der Waals surface area contributed by atoms with E-state index in [1.165, 1.54) is 13.8 Å². The highest BCUT2D eigenvalue weighted by Crippen LogP contribution is 2.40. The van der Waals surface area contributed by atoms with Crippen LogP contribution in [-0.2, 0) is 14.3 Å². The van der Waals surface area contributed by atoms with E-state index in [1.807, 2.05) is 6.07 Å². The number of aliphatic hydroxyl groups excluding tert-OH is 1. The Kier molecular flexibility index (Phi) is 5.39. The summed E-state index contributed by atoms with van der Waals surface area (Å²) in [6.45, 7) is 2.88.